The van der Waals surface area contributed by atoms with Gasteiger partial charge in [-0.1, -0.05) is 0 Å². The monoisotopic (exact) mass is 240 g/mol. The van der Waals surface area contributed by atoms with Crippen LogP contribution < -0.4 is 5.73 Å². The van der Waals surface area contributed by atoms with Crippen LogP contribution >= 0.6 is 0 Å². The van der Waals surface area contributed by atoms with Gasteiger partial charge in [0.05, 0.1) is 19.0 Å². The number of hydrogen-bond acceptors (Lipinski definition) is 5. The average molecular weight is 240 g/mol. The summed E-state index contributed by atoms with van der Waals surface area (Å²) in [6.45, 7) is 2.31. The third-order valence-corrected chi connectivity index (χ3v) is 2.85. The maximum atomic E-state index is 5.44. The predicted octanol–water partition coefficient (Wildman–Crippen LogP) is 2.05. The Morgan fingerprint density at radius 3 is 2.89 bits per heavy atom. The van der Waals surface area contributed by atoms with Crippen LogP contribution in [0.2, 0.25) is 0 Å². The summed E-state index contributed by atoms with van der Waals surface area (Å²) in [7, 11) is 0. The zero-order valence-electron chi connectivity index (χ0n) is 9.92. The van der Waals surface area contributed by atoms with Crippen molar-refractivity contribution in [3.8, 4) is 11.3 Å². The minimum Gasteiger partial charge on any atom is -0.464 e. The normalized spacial score (nSPS) is 11.0. The first-order valence-corrected chi connectivity index (χ1v) is 5.65. The van der Waals surface area contributed by atoms with E-state index in [1.165, 1.54) is 0 Å². The Bertz CT molecular complexity index is 688. The summed E-state index contributed by atoms with van der Waals surface area (Å²) in [5.74, 6) is 0.541. The number of nitrogens with zero attached hydrogens (tertiary/aromatic N) is 3. The number of hydrogen-bond donors (Lipinski definition) is 1. The molecule has 2 heterocycles. The Labute approximate surface area is 104 Å². The van der Waals surface area contributed by atoms with Crippen molar-refractivity contribution in [3.05, 3.63) is 42.0 Å². The molecule has 0 amide bonds. The molecular weight excluding hydrogens is 228 g/mol. The van der Waals surface area contributed by atoms with Crippen LogP contribution in [0.5, 0.6) is 0 Å². The molecular formula is C13H12N4O. The van der Waals surface area contributed by atoms with E-state index in [-0.39, 0.29) is 0 Å². The molecule has 0 radical (unpaired) electrons. The number of benzene rings is 1. The molecule has 90 valence electrons. The van der Waals surface area contributed by atoms with Crippen LogP contribution in [-0.2, 0) is 6.54 Å². The van der Waals surface area contributed by atoms with Crippen LogP contribution in [0.25, 0.3) is 22.2 Å². The van der Waals surface area contributed by atoms with E-state index in [9.17, 15) is 0 Å². The molecule has 0 fully saturated rings. The third-order valence-electron chi connectivity index (χ3n) is 2.85. The van der Waals surface area contributed by atoms with E-state index < -0.39 is 0 Å². The lowest BCUT2D eigenvalue weighted by atomic mass is 10.1. The lowest BCUT2D eigenvalue weighted by Crippen LogP contribution is -2.04. The molecule has 0 saturated carbocycles. The van der Waals surface area contributed by atoms with E-state index >= 15 is 0 Å². The minimum absolute atomic E-state index is 0.299. The SMILES string of the molecule is Cc1coc2ccc(-c3cnc(CN)nn3)cc12. The summed E-state index contributed by atoms with van der Waals surface area (Å²) in [4.78, 5) is 4.14. The lowest BCUT2D eigenvalue weighted by molar-refractivity contribution is 0.613. The van der Waals surface area contributed by atoms with Gasteiger partial charge in [0.1, 0.15) is 11.3 Å². The van der Waals surface area contributed by atoms with Crippen molar-refractivity contribution in [2.24, 2.45) is 5.73 Å². The van der Waals surface area contributed by atoms with Crippen molar-refractivity contribution in [1.82, 2.24) is 15.2 Å². The van der Waals surface area contributed by atoms with Crippen LogP contribution in [-0.4, -0.2) is 15.2 Å². The van der Waals surface area contributed by atoms with E-state index in [0.29, 0.717) is 12.4 Å². The summed E-state index contributed by atoms with van der Waals surface area (Å²) in [6.07, 6.45) is 3.43. The topological polar surface area (TPSA) is 77.8 Å². The minimum atomic E-state index is 0.299. The molecule has 0 saturated heterocycles. The number of furan rings is 1. The lowest BCUT2D eigenvalue weighted by Gasteiger charge is -2.00. The molecule has 5 nitrogen and oxygen atoms in total. The third kappa shape index (κ3) is 1.74. The molecule has 0 bridgehead atoms. The average Bonchev–Trinajstić information content (AvgIpc) is 2.80. The summed E-state index contributed by atoms with van der Waals surface area (Å²) in [6, 6.07) is 5.90. The number of aryl methyl sites for hydroxylation is 1. The van der Waals surface area contributed by atoms with Crippen molar-refractivity contribution in [1.29, 1.82) is 0 Å². The Kier molecular flexibility index (Phi) is 2.53. The molecule has 5 heteroatoms. The first-order valence-electron chi connectivity index (χ1n) is 5.65. The molecule has 0 aliphatic carbocycles. The van der Waals surface area contributed by atoms with Gasteiger partial charge < -0.3 is 10.2 Å². The van der Waals surface area contributed by atoms with Gasteiger partial charge >= 0.3 is 0 Å². The van der Waals surface area contributed by atoms with Gasteiger partial charge in [-0.25, -0.2) is 4.98 Å². The van der Waals surface area contributed by atoms with E-state index in [1.54, 1.807) is 12.5 Å². The smallest absolute Gasteiger partial charge is 0.164 e. The molecule has 0 aliphatic heterocycles. The van der Waals surface area contributed by atoms with E-state index in [1.807, 2.05) is 25.1 Å². The zero-order chi connectivity index (χ0) is 12.5. The van der Waals surface area contributed by atoms with Crippen LogP contribution in [0.1, 0.15) is 11.4 Å². The largest absolute Gasteiger partial charge is 0.464 e. The fourth-order valence-electron chi connectivity index (χ4n) is 1.84. The maximum absolute atomic E-state index is 5.44. The highest BCUT2D eigenvalue weighted by Gasteiger charge is 2.06. The molecule has 0 unspecified atom stereocenters. The Morgan fingerprint density at radius 1 is 1.28 bits per heavy atom. The second-order valence-corrected chi connectivity index (χ2v) is 4.09. The van der Waals surface area contributed by atoms with Crippen molar-refractivity contribution >= 4 is 11.0 Å². The predicted molar refractivity (Wildman–Crippen MR) is 67.7 cm³/mol. The number of nitrogens with two attached hydrogens (primary N) is 1. The number of fused-ring (bicyclic) bond motifs is 1. The molecule has 0 atom stereocenters. The number of rotatable bonds is 2. The first kappa shape index (κ1) is 10.9. The van der Waals surface area contributed by atoms with E-state index in [0.717, 1.165) is 27.8 Å². The highest BCUT2D eigenvalue weighted by Crippen LogP contribution is 2.25. The van der Waals surface area contributed by atoms with E-state index in [2.05, 4.69) is 15.2 Å². The molecule has 2 aromatic heterocycles. The summed E-state index contributed by atoms with van der Waals surface area (Å²) in [5, 5.41) is 9.15. The molecule has 0 aliphatic rings. The Morgan fingerprint density at radius 2 is 2.17 bits per heavy atom. The first-order chi connectivity index (χ1) is 8.78. The summed E-state index contributed by atoms with van der Waals surface area (Å²) in [5.41, 5.74) is 9.12. The molecule has 18 heavy (non-hydrogen) atoms. The van der Waals surface area contributed by atoms with Crippen LogP contribution in [0.15, 0.2) is 35.1 Å². The van der Waals surface area contributed by atoms with Gasteiger partial charge in [-0.2, -0.15) is 0 Å². The molecule has 1 aromatic carbocycles. The molecule has 2 N–H and O–H groups in total. The second kappa shape index (κ2) is 4.19. The number of aromatic nitrogens is 3. The van der Waals surface area contributed by atoms with Gasteiger partial charge in [-0.3, -0.25) is 0 Å². The molecule has 3 rings (SSSR count). The molecule has 3 aromatic rings. The van der Waals surface area contributed by atoms with Crippen LogP contribution in [0, 0.1) is 6.92 Å². The van der Waals surface area contributed by atoms with E-state index in [4.69, 9.17) is 10.2 Å². The Hall–Kier alpha value is -2.27. The van der Waals surface area contributed by atoms with Crippen molar-refractivity contribution in [2.45, 2.75) is 13.5 Å². The van der Waals surface area contributed by atoms with Gasteiger partial charge in [-0.05, 0) is 30.7 Å². The van der Waals surface area contributed by atoms with Gasteiger partial charge in [0.2, 0.25) is 0 Å². The van der Waals surface area contributed by atoms with Gasteiger partial charge in [0, 0.05) is 10.9 Å². The van der Waals surface area contributed by atoms with Crippen molar-refractivity contribution < 1.29 is 4.42 Å². The van der Waals surface area contributed by atoms with Crippen LogP contribution in [0.4, 0.5) is 0 Å². The molecule has 0 spiro atoms. The fourth-order valence-corrected chi connectivity index (χ4v) is 1.84. The quantitative estimate of drug-likeness (QED) is 0.741. The van der Waals surface area contributed by atoms with Gasteiger partial charge in [0.15, 0.2) is 5.82 Å². The highest BCUT2D eigenvalue weighted by atomic mass is 16.3. The van der Waals surface area contributed by atoms with Crippen LogP contribution in [0.3, 0.4) is 0 Å². The zero-order valence-corrected chi connectivity index (χ0v) is 9.92. The van der Waals surface area contributed by atoms with Crippen molar-refractivity contribution in [2.75, 3.05) is 0 Å². The Balaban J connectivity index is 2.09. The highest BCUT2D eigenvalue weighted by molar-refractivity contribution is 5.85. The van der Waals surface area contributed by atoms with Gasteiger partial charge in [-0.15, -0.1) is 10.2 Å². The summed E-state index contributed by atoms with van der Waals surface area (Å²) < 4.78 is 5.41. The standard InChI is InChI=1S/C13H12N4O/c1-8-7-18-12-3-2-9(4-10(8)12)11-6-15-13(5-14)17-16-11/h2-4,6-7H,5,14H2,1H3. The van der Waals surface area contributed by atoms with Crippen molar-refractivity contribution in [3.63, 3.8) is 0 Å². The summed E-state index contributed by atoms with van der Waals surface area (Å²) >= 11 is 0. The van der Waals surface area contributed by atoms with Gasteiger partial charge in [0.25, 0.3) is 0 Å². The maximum Gasteiger partial charge on any atom is 0.164 e. The second-order valence-electron chi connectivity index (χ2n) is 4.09. The fraction of sp³-hybridized carbons (Fsp3) is 0.154.